The summed E-state index contributed by atoms with van der Waals surface area (Å²) < 4.78 is 43.8. The van der Waals surface area contributed by atoms with Crippen LogP contribution < -0.4 is 9.47 Å². The van der Waals surface area contributed by atoms with E-state index in [-0.39, 0.29) is 4.90 Å². The molecule has 2 aromatic rings. The minimum Gasteiger partial charge on any atom is -0.490 e. The Labute approximate surface area is 172 Å². The fraction of sp³-hybridized carbons (Fsp3) is 0.333. The van der Waals surface area contributed by atoms with E-state index in [1.807, 2.05) is 0 Å². The predicted octanol–water partition coefficient (Wildman–Crippen LogP) is 3.58. The molecular weight excluding hydrogens is 458 g/mol. The van der Waals surface area contributed by atoms with Crippen LogP contribution >= 0.6 is 27.5 Å². The van der Waals surface area contributed by atoms with Crippen molar-refractivity contribution in [2.24, 2.45) is 0 Å². The van der Waals surface area contributed by atoms with Gasteiger partial charge in [0.25, 0.3) is 0 Å². The molecule has 146 valence electrons. The van der Waals surface area contributed by atoms with Crippen molar-refractivity contribution in [2.75, 3.05) is 39.5 Å². The van der Waals surface area contributed by atoms with Gasteiger partial charge in [0, 0.05) is 18.1 Å². The second-order valence-electron chi connectivity index (χ2n) is 5.76. The van der Waals surface area contributed by atoms with E-state index >= 15 is 0 Å². The van der Waals surface area contributed by atoms with E-state index in [1.165, 1.54) is 4.31 Å². The van der Waals surface area contributed by atoms with Crippen molar-refractivity contribution in [1.29, 1.82) is 0 Å². The summed E-state index contributed by atoms with van der Waals surface area (Å²) in [4.78, 5) is 0.248. The van der Waals surface area contributed by atoms with Crippen LogP contribution in [-0.2, 0) is 14.8 Å². The van der Waals surface area contributed by atoms with Crippen LogP contribution in [0.2, 0.25) is 5.02 Å². The normalized spacial score (nSPS) is 15.5. The van der Waals surface area contributed by atoms with Crippen molar-refractivity contribution < 1.29 is 22.6 Å². The predicted molar refractivity (Wildman–Crippen MR) is 106 cm³/mol. The molecule has 0 atom stereocenters. The number of halogens is 2. The van der Waals surface area contributed by atoms with E-state index in [1.54, 1.807) is 42.5 Å². The van der Waals surface area contributed by atoms with Gasteiger partial charge in [0.15, 0.2) is 0 Å². The standard InChI is InChI=1S/C18H19BrClNO5S/c19-17-13-14(20)1-6-18(17)26-12-11-25-15-2-4-16(5-3-15)27(22,23)21-7-9-24-10-8-21/h1-6,13H,7-12H2. The zero-order valence-corrected chi connectivity index (χ0v) is 17.6. The van der Waals surface area contributed by atoms with Crippen LogP contribution in [0, 0.1) is 0 Å². The largest absolute Gasteiger partial charge is 0.490 e. The zero-order valence-electron chi connectivity index (χ0n) is 14.4. The number of rotatable bonds is 7. The number of ether oxygens (including phenoxy) is 3. The molecule has 2 aromatic carbocycles. The van der Waals surface area contributed by atoms with Crippen LogP contribution in [-0.4, -0.2) is 52.2 Å². The number of sulfonamides is 1. The SMILES string of the molecule is O=S(=O)(c1ccc(OCCOc2ccc(Cl)cc2Br)cc1)N1CCOCC1. The Balaban J connectivity index is 1.51. The van der Waals surface area contributed by atoms with Crippen LogP contribution in [0.3, 0.4) is 0 Å². The Morgan fingerprint density at radius 3 is 2.37 bits per heavy atom. The van der Waals surface area contributed by atoms with Crippen LogP contribution in [0.25, 0.3) is 0 Å². The van der Waals surface area contributed by atoms with Gasteiger partial charge < -0.3 is 14.2 Å². The third-order valence-electron chi connectivity index (χ3n) is 3.94. The topological polar surface area (TPSA) is 65.1 Å². The van der Waals surface area contributed by atoms with Crippen molar-refractivity contribution in [1.82, 2.24) is 4.31 Å². The van der Waals surface area contributed by atoms with E-state index in [2.05, 4.69) is 15.9 Å². The summed E-state index contributed by atoms with van der Waals surface area (Å²) in [6.07, 6.45) is 0. The molecule has 1 aliphatic rings. The molecule has 1 heterocycles. The van der Waals surface area contributed by atoms with Gasteiger partial charge in [0.2, 0.25) is 10.0 Å². The quantitative estimate of drug-likeness (QED) is 0.572. The van der Waals surface area contributed by atoms with Crippen molar-refractivity contribution in [3.63, 3.8) is 0 Å². The highest BCUT2D eigenvalue weighted by atomic mass is 79.9. The van der Waals surface area contributed by atoms with Gasteiger partial charge in [0.05, 0.1) is 22.6 Å². The summed E-state index contributed by atoms with van der Waals surface area (Å²) in [6.45, 7) is 2.25. The smallest absolute Gasteiger partial charge is 0.243 e. The number of hydrogen-bond donors (Lipinski definition) is 0. The van der Waals surface area contributed by atoms with Gasteiger partial charge >= 0.3 is 0 Å². The summed E-state index contributed by atoms with van der Waals surface area (Å²) in [5, 5.41) is 0.623. The highest BCUT2D eigenvalue weighted by Crippen LogP contribution is 2.28. The van der Waals surface area contributed by atoms with E-state index < -0.39 is 10.0 Å². The lowest BCUT2D eigenvalue weighted by Crippen LogP contribution is -2.40. The Bertz CT molecular complexity index is 870. The first-order valence-electron chi connectivity index (χ1n) is 8.35. The van der Waals surface area contributed by atoms with Gasteiger partial charge in [-0.2, -0.15) is 4.31 Å². The number of hydrogen-bond acceptors (Lipinski definition) is 5. The Morgan fingerprint density at radius 1 is 1.04 bits per heavy atom. The second-order valence-corrected chi connectivity index (χ2v) is 8.99. The molecule has 1 aliphatic heterocycles. The Hall–Kier alpha value is -1.32. The van der Waals surface area contributed by atoms with Crippen molar-refractivity contribution in [3.8, 4) is 11.5 Å². The monoisotopic (exact) mass is 475 g/mol. The van der Waals surface area contributed by atoms with Gasteiger partial charge in [-0.05, 0) is 58.4 Å². The molecular formula is C18H19BrClNO5S. The molecule has 6 nitrogen and oxygen atoms in total. The van der Waals surface area contributed by atoms with Crippen molar-refractivity contribution in [3.05, 3.63) is 52.0 Å². The highest BCUT2D eigenvalue weighted by molar-refractivity contribution is 9.10. The molecule has 0 radical (unpaired) electrons. The summed E-state index contributed by atoms with van der Waals surface area (Å²) in [5.74, 6) is 1.25. The molecule has 1 saturated heterocycles. The molecule has 0 saturated carbocycles. The first-order valence-corrected chi connectivity index (χ1v) is 11.0. The lowest BCUT2D eigenvalue weighted by atomic mass is 10.3. The second kappa shape index (κ2) is 9.25. The van der Waals surface area contributed by atoms with Crippen molar-refractivity contribution >= 4 is 37.6 Å². The fourth-order valence-electron chi connectivity index (χ4n) is 2.55. The summed E-state index contributed by atoms with van der Waals surface area (Å²) >= 11 is 9.27. The first-order chi connectivity index (χ1) is 13.0. The van der Waals surface area contributed by atoms with Crippen molar-refractivity contribution in [2.45, 2.75) is 4.90 Å². The average molecular weight is 477 g/mol. The molecule has 9 heteroatoms. The third-order valence-corrected chi connectivity index (χ3v) is 6.70. The maximum absolute atomic E-state index is 12.6. The average Bonchev–Trinajstić information content (AvgIpc) is 2.68. The Kier molecular flexibility index (Phi) is 6.99. The fourth-order valence-corrected chi connectivity index (χ4v) is 4.75. The van der Waals surface area contributed by atoms with Gasteiger partial charge in [0.1, 0.15) is 24.7 Å². The van der Waals surface area contributed by atoms with E-state index in [0.717, 1.165) is 4.47 Å². The van der Waals surface area contributed by atoms with Crippen LogP contribution in [0.5, 0.6) is 11.5 Å². The first kappa shape index (κ1) is 20.4. The van der Waals surface area contributed by atoms with Crippen LogP contribution in [0.1, 0.15) is 0 Å². The minimum atomic E-state index is -3.49. The highest BCUT2D eigenvalue weighted by Gasteiger charge is 2.26. The van der Waals surface area contributed by atoms with Crippen LogP contribution in [0.15, 0.2) is 51.8 Å². The van der Waals surface area contributed by atoms with Gasteiger partial charge in [-0.1, -0.05) is 11.6 Å². The molecule has 0 N–H and O–H groups in total. The third kappa shape index (κ3) is 5.36. The lowest BCUT2D eigenvalue weighted by Gasteiger charge is -2.26. The molecule has 0 spiro atoms. The molecule has 0 amide bonds. The Morgan fingerprint density at radius 2 is 1.70 bits per heavy atom. The van der Waals surface area contributed by atoms with E-state index in [9.17, 15) is 8.42 Å². The number of morpholine rings is 1. The maximum Gasteiger partial charge on any atom is 0.243 e. The molecule has 27 heavy (non-hydrogen) atoms. The maximum atomic E-state index is 12.6. The molecule has 0 bridgehead atoms. The summed E-state index contributed by atoms with van der Waals surface area (Å²) in [7, 11) is -3.49. The molecule has 0 unspecified atom stereocenters. The van der Waals surface area contributed by atoms with Crippen LogP contribution in [0.4, 0.5) is 0 Å². The molecule has 0 aromatic heterocycles. The van der Waals surface area contributed by atoms with E-state index in [0.29, 0.717) is 56.0 Å². The molecule has 0 aliphatic carbocycles. The summed E-state index contributed by atoms with van der Waals surface area (Å²) in [5.41, 5.74) is 0. The number of benzene rings is 2. The number of nitrogens with zero attached hydrogens (tertiary/aromatic N) is 1. The summed E-state index contributed by atoms with van der Waals surface area (Å²) in [6, 6.07) is 11.7. The molecule has 3 rings (SSSR count). The van der Waals surface area contributed by atoms with Gasteiger partial charge in [-0.25, -0.2) is 8.42 Å². The van der Waals surface area contributed by atoms with Gasteiger partial charge in [-0.15, -0.1) is 0 Å². The minimum absolute atomic E-state index is 0.248. The lowest BCUT2D eigenvalue weighted by molar-refractivity contribution is 0.0730. The zero-order chi connectivity index (χ0) is 19.3. The van der Waals surface area contributed by atoms with Gasteiger partial charge in [-0.3, -0.25) is 0 Å². The molecule has 1 fully saturated rings. The van der Waals surface area contributed by atoms with E-state index in [4.69, 9.17) is 25.8 Å².